The largest absolute Gasteiger partial charge is 0.481 e. The third-order valence-electron chi connectivity index (χ3n) is 6.61. The van der Waals surface area contributed by atoms with E-state index in [1.807, 2.05) is 25.1 Å². The molecule has 4 nitrogen and oxygen atoms in total. The maximum atomic E-state index is 12.0. The van der Waals surface area contributed by atoms with Crippen LogP contribution in [0.3, 0.4) is 0 Å². The molecule has 2 aliphatic rings. The van der Waals surface area contributed by atoms with E-state index < -0.39 is 23.1 Å². The highest BCUT2D eigenvalue weighted by molar-refractivity contribution is 5.75. The summed E-state index contributed by atoms with van der Waals surface area (Å²) in [6.45, 7) is 7.44. The van der Waals surface area contributed by atoms with Gasteiger partial charge in [0.1, 0.15) is 0 Å². The average molecular weight is 332 g/mol. The highest BCUT2D eigenvalue weighted by Crippen LogP contribution is 2.59. The van der Waals surface area contributed by atoms with Gasteiger partial charge >= 0.3 is 5.97 Å². The predicted molar refractivity (Wildman–Crippen MR) is 91.7 cm³/mol. The van der Waals surface area contributed by atoms with Crippen molar-refractivity contribution < 1.29 is 20.1 Å². The van der Waals surface area contributed by atoms with E-state index in [-0.39, 0.29) is 11.3 Å². The molecule has 24 heavy (non-hydrogen) atoms. The Morgan fingerprint density at radius 1 is 1.25 bits per heavy atom. The van der Waals surface area contributed by atoms with Gasteiger partial charge in [0.2, 0.25) is 0 Å². The van der Waals surface area contributed by atoms with Crippen molar-refractivity contribution in [2.45, 2.75) is 70.5 Å². The van der Waals surface area contributed by atoms with Gasteiger partial charge in [-0.2, -0.15) is 0 Å². The van der Waals surface area contributed by atoms with Crippen LogP contribution in [0.1, 0.15) is 76.2 Å². The molecule has 2 aliphatic carbocycles. The summed E-state index contributed by atoms with van der Waals surface area (Å²) in [5.74, 6) is -0.853. The van der Waals surface area contributed by atoms with Gasteiger partial charge in [-0.1, -0.05) is 31.5 Å². The summed E-state index contributed by atoms with van der Waals surface area (Å²) in [5.41, 5.74) is 0.654. The molecule has 1 aromatic rings. The quantitative estimate of drug-likeness (QED) is 0.774. The fraction of sp³-hybridized carbons (Fsp3) is 0.650. The molecule has 4 atom stereocenters. The molecule has 0 bridgehead atoms. The molecule has 3 rings (SSSR count). The zero-order valence-electron chi connectivity index (χ0n) is 15.0. The van der Waals surface area contributed by atoms with Crippen LogP contribution >= 0.6 is 0 Å². The molecule has 132 valence electrons. The zero-order valence-corrected chi connectivity index (χ0v) is 15.0. The van der Waals surface area contributed by atoms with Crippen molar-refractivity contribution in [1.82, 2.24) is 0 Å². The molecular weight excluding hydrogens is 304 g/mol. The van der Waals surface area contributed by atoms with Gasteiger partial charge in [0, 0.05) is 0 Å². The van der Waals surface area contributed by atoms with E-state index in [1.165, 1.54) is 0 Å². The molecular formula is C20H28O4. The zero-order chi connectivity index (χ0) is 17.9. The van der Waals surface area contributed by atoms with Crippen LogP contribution in [0.25, 0.3) is 0 Å². The summed E-state index contributed by atoms with van der Waals surface area (Å²) in [4.78, 5) is 12.0. The van der Waals surface area contributed by atoms with Crippen LogP contribution in [-0.4, -0.2) is 21.3 Å². The second kappa shape index (κ2) is 5.30. The highest BCUT2D eigenvalue weighted by Gasteiger charge is 2.56. The molecule has 3 N–H and O–H groups in total. The molecule has 0 aliphatic heterocycles. The van der Waals surface area contributed by atoms with Crippen molar-refractivity contribution in [2.75, 3.05) is 0 Å². The topological polar surface area (TPSA) is 77.8 Å². The Labute approximate surface area is 143 Å². The lowest BCUT2D eigenvalue weighted by Gasteiger charge is -2.54. The van der Waals surface area contributed by atoms with Crippen molar-refractivity contribution in [1.29, 1.82) is 0 Å². The summed E-state index contributed by atoms with van der Waals surface area (Å²) in [7, 11) is 0. The number of aliphatic hydroxyl groups is 2. The van der Waals surface area contributed by atoms with Crippen molar-refractivity contribution in [3.63, 3.8) is 0 Å². The van der Waals surface area contributed by atoms with Gasteiger partial charge in [0.15, 0.2) is 0 Å². The second-order valence-electron chi connectivity index (χ2n) is 8.66. The molecule has 0 radical (unpaired) electrons. The van der Waals surface area contributed by atoms with Crippen molar-refractivity contribution >= 4 is 5.97 Å². The summed E-state index contributed by atoms with van der Waals surface area (Å²) in [6.07, 6.45) is 2.24. The monoisotopic (exact) mass is 332 g/mol. The van der Waals surface area contributed by atoms with E-state index in [2.05, 4.69) is 6.92 Å². The maximum Gasteiger partial charge on any atom is 0.309 e. The van der Waals surface area contributed by atoms with Crippen molar-refractivity contribution in [2.24, 2.45) is 11.3 Å². The Balaban J connectivity index is 2.15. The smallest absolute Gasteiger partial charge is 0.309 e. The Morgan fingerprint density at radius 3 is 2.50 bits per heavy atom. The predicted octanol–water partition coefficient (Wildman–Crippen LogP) is 3.50. The van der Waals surface area contributed by atoms with Crippen LogP contribution in [0.5, 0.6) is 0 Å². The van der Waals surface area contributed by atoms with Crippen LogP contribution in [0.4, 0.5) is 0 Å². The molecule has 0 aromatic heterocycles. The van der Waals surface area contributed by atoms with E-state index in [9.17, 15) is 20.1 Å². The molecule has 0 spiro atoms. The van der Waals surface area contributed by atoms with E-state index in [0.29, 0.717) is 12.8 Å². The number of aliphatic carboxylic acids is 1. The van der Waals surface area contributed by atoms with E-state index in [0.717, 1.165) is 29.5 Å². The number of carboxylic acids is 1. The lowest BCUT2D eigenvalue weighted by atomic mass is 9.49. The van der Waals surface area contributed by atoms with Crippen molar-refractivity contribution in [3.8, 4) is 0 Å². The maximum absolute atomic E-state index is 12.0. The molecule has 0 unspecified atom stereocenters. The standard InChI is InChI=1S/C20H28O4/c1-18(2,24)12-6-7-14-13(10-12)15(21)11-16-19(14,3)8-5-9-20(16,4)17(22)23/h6-7,10,15-16,21,24H,5,8-9,11H2,1-4H3,(H,22,23)/t15-,16+,19-,20-/m0/s1. The number of aliphatic hydroxyl groups excluding tert-OH is 1. The number of hydrogen-bond acceptors (Lipinski definition) is 3. The first kappa shape index (κ1) is 17.4. The fourth-order valence-electron chi connectivity index (χ4n) is 5.06. The van der Waals surface area contributed by atoms with Gasteiger partial charge in [-0.3, -0.25) is 4.79 Å². The third-order valence-corrected chi connectivity index (χ3v) is 6.61. The Morgan fingerprint density at radius 2 is 1.92 bits per heavy atom. The minimum atomic E-state index is -0.964. The Kier molecular flexibility index (Phi) is 3.85. The summed E-state index contributed by atoms with van der Waals surface area (Å²) >= 11 is 0. The summed E-state index contributed by atoms with van der Waals surface area (Å²) in [6, 6.07) is 5.80. The first-order valence-corrected chi connectivity index (χ1v) is 8.79. The second-order valence-corrected chi connectivity index (χ2v) is 8.66. The van der Waals surface area contributed by atoms with Gasteiger partial charge in [0.25, 0.3) is 0 Å². The number of rotatable bonds is 2. The SMILES string of the molecule is CC(C)(O)c1ccc2c(c1)[C@@H](O)C[C@@H]1[C@@]2(C)CCC[C@]1(C)C(=O)O. The molecule has 1 aromatic carbocycles. The molecule has 4 heteroatoms. The molecule has 0 saturated heterocycles. The van der Waals surface area contributed by atoms with Crippen molar-refractivity contribution in [3.05, 3.63) is 34.9 Å². The first-order valence-electron chi connectivity index (χ1n) is 8.79. The van der Waals surface area contributed by atoms with Gasteiger partial charge in [-0.05, 0) is 68.1 Å². The number of carbonyl (C=O) groups is 1. The third kappa shape index (κ3) is 2.39. The van der Waals surface area contributed by atoms with Gasteiger partial charge in [0.05, 0.1) is 17.1 Å². The van der Waals surface area contributed by atoms with E-state index >= 15 is 0 Å². The number of hydrogen-bond donors (Lipinski definition) is 3. The van der Waals surface area contributed by atoms with Crippen LogP contribution in [0.2, 0.25) is 0 Å². The summed E-state index contributed by atoms with van der Waals surface area (Å²) in [5, 5.41) is 30.8. The lowest BCUT2D eigenvalue weighted by Crippen LogP contribution is -2.53. The number of fused-ring (bicyclic) bond motifs is 3. The Bertz CT molecular complexity index is 675. The van der Waals surface area contributed by atoms with Gasteiger partial charge < -0.3 is 15.3 Å². The first-order chi connectivity index (χ1) is 11.0. The molecule has 1 fully saturated rings. The van der Waals surface area contributed by atoms with Gasteiger partial charge in [-0.25, -0.2) is 0 Å². The summed E-state index contributed by atoms with van der Waals surface area (Å²) < 4.78 is 0. The normalized spacial score (nSPS) is 35.9. The lowest BCUT2D eigenvalue weighted by molar-refractivity contribution is -0.159. The number of benzene rings is 1. The minimum Gasteiger partial charge on any atom is -0.481 e. The molecule has 0 heterocycles. The van der Waals surface area contributed by atoms with Gasteiger partial charge in [-0.15, -0.1) is 0 Å². The minimum absolute atomic E-state index is 0.0910. The van der Waals surface area contributed by atoms with E-state index in [1.54, 1.807) is 13.8 Å². The Hall–Kier alpha value is -1.39. The highest BCUT2D eigenvalue weighted by atomic mass is 16.4. The molecule has 1 saturated carbocycles. The molecule has 0 amide bonds. The van der Waals surface area contributed by atoms with E-state index in [4.69, 9.17) is 0 Å². The van der Waals surface area contributed by atoms with Crippen LogP contribution in [-0.2, 0) is 15.8 Å². The number of carboxylic acid groups (broad SMARTS) is 1. The van der Waals surface area contributed by atoms with Crippen LogP contribution in [0, 0.1) is 11.3 Å². The van der Waals surface area contributed by atoms with Crippen LogP contribution in [0.15, 0.2) is 18.2 Å². The average Bonchev–Trinajstić information content (AvgIpc) is 2.48. The van der Waals surface area contributed by atoms with Crippen LogP contribution < -0.4 is 0 Å². The fourth-order valence-corrected chi connectivity index (χ4v) is 5.06.